The lowest BCUT2D eigenvalue weighted by Gasteiger charge is -2.07. The number of anilines is 1. The van der Waals surface area contributed by atoms with Crippen LogP contribution in [0.4, 0.5) is 5.69 Å². The van der Waals surface area contributed by atoms with Gasteiger partial charge >= 0.3 is 0 Å². The zero-order valence-electron chi connectivity index (χ0n) is 11.9. The molecule has 1 heterocycles. The van der Waals surface area contributed by atoms with Gasteiger partial charge in [0, 0.05) is 29.1 Å². The molecule has 20 heavy (non-hydrogen) atoms. The number of ether oxygens (including phenoxy) is 1. The number of rotatable bonds is 7. The van der Waals surface area contributed by atoms with Crippen LogP contribution in [0.2, 0.25) is 0 Å². The van der Waals surface area contributed by atoms with Gasteiger partial charge in [-0.15, -0.1) is 11.8 Å². The Morgan fingerprint density at radius 3 is 2.95 bits per heavy atom. The van der Waals surface area contributed by atoms with Crippen molar-refractivity contribution < 1.29 is 4.74 Å². The summed E-state index contributed by atoms with van der Waals surface area (Å²) in [6, 6.07) is 12.2. The Morgan fingerprint density at radius 2 is 2.15 bits per heavy atom. The van der Waals surface area contributed by atoms with Crippen molar-refractivity contribution in [2.75, 3.05) is 19.0 Å². The van der Waals surface area contributed by atoms with Crippen LogP contribution in [0.25, 0.3) is 0 Å². The maximum atomic E-state index is 5.23. The van der Waals surface area contributed by atoms with Gasteiger partial charge in [0.1, 0.15) is 5.75 Å². The highest BCUT2D eigenvalue weighted by Gasteiger charge is 2.01. The molecule has 1 aromatic heterocycles. The monoisotopic (exact) mass is 288 g/mol. The Labute approximate surface area is 124 Å². The first-order valence-corrected chi connectivity index (χ1v) is 7.76. The van der Waals surface area contributed by atoms with Crippen molar-refractivity contribution >= 4 is 17.4 Å². The van der Waals surface area contributed by atoms with Crippen molar-refractivity contribution in [2.45, 2.75) is 24.0 Å². The van der Waals surface area contributed by atoms with E-state index in [0.717, 1.165) is 35.8 Å². The molecule has 3 nitrogen and oxygen atoms in total. The first-order valence-electron chi connectivity index (χ1n) is 6.77. The fourth-order valence-electron chi connectivity index (χ4n) is 1.78. The summed E-state index contributed by atoms with van der Waals surface area (Å²) in [5, 5.41) is 3.38. The molecule has 2 aromatic rings. The molecule has 0 fully saturated rings. The quantitative estimate of drug-likeness (QED) is 0.774. The van der Waals surface area contributed by atoms with Gasteiger partial charge in [0.25, 0.3) is 0 Å². The van der Waals surface area contributed by atoms with Gasteiger partial charge < -0.3 is 10.1 Å². The van der Waals surface area contributed by atoms with E-state index in [1.165, 1.54) is 4.90 Å². The van der Waals surface area contributed by atoms with Gasteiger partial charge in [-0.05, 0) is 36.8 Å². The first-order chi connectivity index (χ1) is 9.81. The van der Waals surface area contributed by atoms with Crippen LogP contribution >= 0.6 is 11.8 Å². The third-order valence-corrected chi connectivity index (χ3v) is 3.85. The summed E-state index contributed by atoms with van der Waals surface area (Å²) >= 11 is 1.77. The molecule has 106 valence electrons. The average molecular weight is 288 g/mol. The number of hydrogen-bond donors (Lipinski definition) is 1. The van der Waals surface area contributed by atoms with Gasteiger partial charge in [-0.3, -0.25) is 4.98 Å². The minimum absolute atomic E-state index is 0.856. The van der Waals surface area contributed by atoms with Crippen LogP contribution in [0.3, 0.4) is 0 Å². The number of pyridine rings is 1. The van der Waals surface area contributed by atoms with E-state index in [2.05, 4.69) is 29.4 Å². The maximum absolute atomic E-state index is 5.23. The molecule has 4 heteroatoms. The third-order valence-electron chi connectivity index (χ3n) is 2.82. The second-order valence-corrected chi connectivity index (χ2v) is 5.48. The van der Waals surface area contributed by atoms with E-state index in [-0.39, 0.29) is 0 Å². The molecule has 0 atom stereocenters. The number of thioether (sulfide) groups is 1. The van der Waals surface area contributed by atoms with Gasteiger partial charge in [-0.1, -0.05) is 13.0 Å². The van der Waals surface area contributed by atoms with Crippen molar-refractivity contribution in [2.24, 2.45) is 0 Å². The fourth-order valence-corrected chi connectivity index (χ4v) is 2.63. The van der Waals surface area contributed by atoms with E-state index in [4.69, 9.17) is 4.74 Å². The fraction of sp³-hybridized carbons (Fsp3) is 0.312. The number of nitrogens with one attached hydrogen (secondary N) is 1. The molecule has 0 radical (unpaired) electrons. The second-order valence-electron chi connectivity index (χ2n) is 4.43. The molecule has 0 aliphatic carbocycles. The molecule has 0 spiro atoms. The normalized spacial score (nSPS) is 10.3. The highest BCUT2D eigenvalue weighted by atomic mass is 32.2. The van der Waals surface area contributed by atoms with Crippen molar-refractivity contribution in [3.8, 4) is 5.75 Å². The lowest BCUT2D eigenvalue weighted by molar-refractivity contribution is 0.413. The van der Waals surface area contributed by atoms with E-state index < -0.39 is 0 Å². The predicted octanol–water partition coefficient (Wildman–Crippen LogP) is 4.20. The van der Waals surface area contributed by atoms with Crippen molar-refractivity contribution in [3.63, 3.8) is 0 Å². The van der Waals surface area contributed by atoms with Crippen molar-refractivity contribution in [1.29, 1.82) is 0 Å². The van der Waals surface area contributed by atoms with E-state index in [1.807, 2.05) is 30.5 Å². The number of benzene rings is 1. The summed E-state index contributed by atoms with van der Waals surface area (Å²) in [4.78, 5) is 5.61. The van der Waals surface area contributed by atoms with Gasteiger partial charge in [0.2, 0.25) is 0 Å². The van der Waals surface area contributed by atoms with E-state index in [9.17, 15) is 0 Å². The molecule has 0 saturated carbocycles. The standard InChI is InChI=1S/C16H20N2OS/c1-3-8-17-13-7-9-18-14(10-13)12-20-16-6-4-5-15(11-16)19-2/h4-7,9-11H,3,8,12H2,1-2H3,(H,17,18). The lowest BCUT2D eigenvalue weighted by atomic mass is 10.3. The minimum atomic E-state index is 0.856. The Hall–Kier alpha value is -1.68. The third kappa shape index (κ3) is 4.46. The summed E-state index contributed by atoms with van der Waals surface area (Å²) in [5.74, 6) is 1.75. The van der Waals surface area contributed by atoms with Gasteiger partial charge in [0.15, 0.2) is 0 Å². The van der Waals surface area contributed by atoms with Crippen LogP contribution in [-0.4, -0.2) is 18.6 Å². The number of aromatic nitrogens is 1. The summed E-state index contributed by atoms with van der Waals surface area (Å²) in [7, 11) is 1.69. The van der Waals surface area contributed by atoms with Crippen LogP contribution in [0, 0.1) is 0 Å². The molecule has 1 N–H and O–H groups in total. The highest BCUT2D eigenvalue weighted by molar-refractivity contribution is 7.98. The maximum Gasteiger partial charge on any atom is 0.119 e. The Morgan fingerprint density at radius 1 is 1.25 bits per heavy atom. The van der Waals surface area contributed by atoms with E-state index in [1.54, 1.807) is 18.9 Å². The lowest BCUT2D eigenvalue weighted by Crippen LogP contribution is -2.00. The molecular formula is C16H20N2OS. The summed E-state index contributed by atoms with van der Waals surface area (Å²) in [6.45, 7) is 3.15. The largest absolute Gasteiger partial charge is 0.497 e. The molecule has 2 rings (SSSR count). The van der Waals surface area contributed by atoms with E-state index >= 15 is 0 Å². The summed E-state index contributed by atoms with van der Waals surface area (Å²) in [5.41, 5.74) is 2.22. The van der Waals surface area contributed by atoms with Crippen LogP contribution in [0.1, 0.15) is 19.0 Å². The first kappa shape index (κ1) is 14.7. The topological polar surface area (TPSA) is 34.2 Å². The zero-order chi connectivity index (χ0) is 14.2. The molecule has 0 bridgehead atoms. The molecule has 1 aromatic carbocycles. The predicted molar refractivity (Wildman–Crippen MR) is 85.6 cm³/mol. The van der Waals surface area contributed by atoms with Gasteiger partial charge in [0.05, 0.1) is 12.8 Å². The Bertz CT molecular complexity index is 546. The van der Waals surface area contributed by atoms with Gasteiger partial charge in [-0.25, -0.2) is 0 Å². The van der Waals surface area contributed by atoms with Gasteiger partial charge in [-0.2, -0.15) is 0 Å². The minimum Gasteiger partial charge on any atom is -0.497 e. The average Bonchev–Trinajstić information content (AvgIpc) is 2.51. The molecule has 0 amide bonds. The summed E-state index contributed by atoms with van der Waals surface area (Å²) in [6.07, 6.45) is 2.98. The van der Waals surface area contributed by atoms with E-state index in [0.29, 0.717) is 0 Å². The smallest absolute Gasteiger partial charge is 0.119 e. The van der Waals surface area contributed by atoms with Crippen LogP contribution in [0.15, 0.2) is 47.5 Å². The molecule has 0 aliphatic rings. The van der Waals surface area contributed by atoms with Crippen molar-refractivity contribution in [3.05, 3.63) is 48.3 Å². The zero-order valence-corrected chi connectivity index (χ0v) is 12.7. The second kappa shape index (κ2) is 7.80. The molecule has 0 aliphatic heterocycles. The Kier molecular flexibility index (Phi) is 5.74. The molecule has 0 unspecified atom stereocenters. The Balaban J connectivity index is 1.95. The number of nitrogens with zero attached hydrogens (tertiary/aromatic N) is 1. The highest BCUT2D eigenvalue weighted by Crippen LogP contribution is 2.26. The van der Waals surface area contributed by atoms with Crippen LogP contribution < -0.4 is 10.1 Å². The summed E-state index contributed by atoms with van der Waals surface area (Å²) < 4.78 is 5.23. The SMILES string of the molecule is CCCNc1ccnc(CSc2cccc(OC)c2)c1. The molecular weight excluding hydrogens is 268 g/mol. The van der Waals surface area contributed by atoms with Crippen molar-refractivity contribution in [1.82, 2.24) is 4.98 Å². The number of methoxy groups -OCH3 is 1. The van der Waals surface area contributed by atoms with Crippen LogP contribution in [-0.2, 0) is 5.75 Å². The number of hydrogen-bond acceptors (Lipinski definition) is 4. The van der Waals surface area contributed by atoms with Crippen LogP contribution in [0.5, 0.6) is 5.75 Å². The molecule has 0 saturated heterocycles.